The van der Waals surface area contributed by atoms with Crippen molar-refractivity contribution in [2.24, 2.45) is 0 Å². The summed E-state index contributed by atoms with van der Waals surface area (Å²) in [4.78, 5) is 48.8. The first kappa shape index (κ1) is 77.2. The summed E-state index contributed by atoms with van der Waals surface area (Å²) in [5.41, 5.74) is 0. The zero-order valence-corrected chi connectivity index (χ0v) is 52.7. The van der Waals surface area contributed by atoms with Gasteiger partial charge in [-0.3, -0.25) is 23.4 Å². The van der Waals surface area contributed by atoms with Gasteiger partial charge in [-0.05, 0) is 109 Å². The summed E-state index contributed by atoms with van der Waals surface area (Å²) in [7, 11) is -4.76. The Hall–Kier alpha value is -2.82. The Labute approximate surface area is 491 Å². The second-order valence-electron chi connectivity index (χ2n) is 22.3. The summed E-state index contributed by atoms with van der Waals surface area (Å²) in [6.07, 6.45) is 70.2. The number of carbonyl (C=O) groups is 3. The summed E-state index contributed by atoms with van der Waals surface area (Å²) < 4.78 is 39.7. The molecule has 466 valence electrons. The molecule has 0 aromatic rings. The summed E-state index contributed by atoms with van der Waals surface area (Å²) in [5.74, 6) is -1.47. The van der Waals surface area contributed by atoms with E-state index in [1.807, 2.05) is 0 Å². The number of rotatable bonds is 62. The molecule has 0 aromatic carbocycles. The van der Waals surface area contributed by atoms with Gasteiger partial charge in [0.2, 0.25) is 0 Å². The van der Waals surface area contributed by atoms with Crippen molar-refractivity contribution >= 4 is 25.7 Å². The zero-order chi connectivity index (χ0) is 58.3. The van der Waals surface area contributed by atoms with E-state index in [0.29, 0.717) is 19.3 Å². The van der Waals surface area contributed by atoms with E-state index in [1.54, 1.807) is 0 Å². The molecule has 12 heteroatoms. The van der Waals surface area contributed by atoms with E-state index < -0.39 is 57.8 Å². The van der Waals surface area contributed by atoms with E-state index >= 15 is 0 Å². The molecule has 11 nitrogen and oxygen atoms in total. The van der Waals surface area contributed by atoms with E-state index in [2.05, 4.69) is 81.5 Å². The van der Waals surface area contributed by atoms with Gasteiger partial charge in [0.05, 0.1) is 19.8 Å². The molecule has 0 amide bonds. The maximum atomic E-state index is 13.0. The number of ether oxygens (including phenoxy) is 3. The number of hydrogen-bond donors (Lipinski definition) is 2. The molecule has 0 saturated carbocycles. The van der Waals surface area contributed by atoms with Crippen molar-refractivity contribution in [2.45, 2.75) is 328 Å². The highest BCUT2D eigenvalue weighted by Crippen LogP contribution is 2.43. The van der Waals surface area contributed by atoms with Crippen molar-refractivity contribution < 1.29 is 52.2 Å². The summed E-state index contributed by atoms with van der Waals surface area (Å²) >= 11 is 0. The number of phosphoric ester groups is 1. The number of hydrogen-bond acceptors (Lipinski definition) is 10. The van der Waals surface area contributed by atoms with Gasteiger partial charge in [-0.1, -0.05) is 248 Å². The average Bonchev–Trinajstić information content (AvgIpc) is 3.45. The largest absolute Gasteiger partial charge is 0.472 e. The lowest BCUT2D eigenvalue weighted by Gasteiger charge is -2.21. The lowest BCUT2D eigenvalue weighted by atomic mass is 10.1. The van der Waals surface area contributed by atoms with Crippen molar-refractivity contribution in [3.05, 3.63) is 60.8 Å². The van der Waals surface area contributed by atoms with Crippen LogP contribution in [0.25, 0.3) is 0 Å². The Balaban J connectivity index is 4.72. The Kier molecular flexibility index (Phi) is 60.0. The molecule has 0 rings (SSSR count). The highest BCUT2D eigenvalue weighted by Gasteiger charge is 2.28. The second-order valence-corrected chi connectivity index (χ2v) is 23.7. The molecule has 0 aromatic heterocycles. The quantitative estimate of drug-likeness (QED) is 0.0197. The van der Waals surface area contributed by atoms with Crippen molar-refractivity contribution in [3.8, 4) is 0 Å². The van der Waals surface area contributed by atoms with Gasteiger partial charge in [0.15, 0.2) is 6.10 Å². The normalized spacial score (nSPS) is 13.6. The molecule has 0 spiro atoms. The first-order valence-electron chi connectivity index (χ1n) is 33.2. The third-order valence-electron chi connectivity index (χ3n) is 14.4. The number of allylic oxidation sites excluding steroid dienone is 10. The van der Waals surface area contributed by atoms with Gasteiger partial charge in [-0.25, -0.2) is 4.57 Å². The molecule has 3 unspecified atom stereocenters. The molecule has 0 radical (unpaired) electrons. The Morgan fingerprint density at radius 1 is 0.350 bits per heavy atom. The molecular weight excluding hydrogens is 1020 g/mol. The minimum absolute atomic E-state index is 0.162. The van der Waals surface area contributed by atoms with Gasteiger partial charge in [0, 0.05) is 19.3 Å². The fraction of sp³-hybridized carbons (Fsp3) is 0.809. The summed E-state index contributed by atoms with van der Waals surface area (Å²) in [6, 6.07) is 0. The van der Waals surface area contributed by atoms with E-state index in [9.17, 15) is 28.9 Å². The minimum atomic E-state index is -4.76. The van der Waals surface area contributed by atoms with Crippen LogP contribution in [0.4, 0.5) is 0 Å². The third-order valence-corrected chi connectivity index (χ3v) is 15.3. The predicted octanol–water partition coefficient (Wildman–Crippen LogP) is 20.3. The first-order chi connectivity index (χ1) is 39.2. The van der Waals surface area contributed by atoms with Crippen LogP contribution in [0.1, 0.15) is 316 Å². The van der Waals surface area contributed by atoms with Crippen molar-refractivity contribution in [2.75, 3.05) is 26.4 Å². The summed E-state index contributed by atoms with van der Waals surface area (Å²) in [5, 5.41) is 9.85. The average molecular weight is 1150 g/mol. The molecule has 0 aliphatic carbocycles. The fourth-order valence-corrected chi connectivity index (χ4v) is 10.1. The Morgan fingerprint density at radius 2 is 0.613 bits per heavy atom. The highest BCUT2D eigenvalue weighted by atomic mass is 31.2. The highest BCUT2D eigenvalue weighted by molar-refractivity contribution is 7.47. The molecular formula is C68H123O11P. The van der Waals surface area contributed by atoms with E-state index in [0.717, 1.165) is 109 Å². The Bertz CT molecular complexity index is 1570. The molecule has 0 aliphatic rings. The third kappa shape index (κ3) is 59.8. The molecule has 80 heavy (non-hydrogen) atoms. The fourth-order valence-electron chi connectivity index (χ4n) is 9.30. The maximum Gasteiger partial charge on any atom is 0.472 e. The zero-order valence-electron chi connectivity index (χ0n) is 51.8. The van der Waals surface area contributed by atoms with Crippen LogP contribution < -0.4 is 0 Å². The SMILES string of the molecule is CCCCC/C=C\C/C=C\C/C=C\CCCCCCCCC(=O)OCC(COP(=O)(O)OCC(CO)OC(=O)CCCCCCC/C=C\CCCCCCCC)OC(=O)CCCCCCCCCCC/C=C\CCCCCCCC. The van der Waals surface area contributed by atoms with Crippen LogP contribution in [0.5, 0.6) is 0 Å². The lowest BCUT2D eigenvalue weighted by Crippen LogP contribution is -2.30. The smallest absolute Gasteiger partial charge is 0.462 e. The van der Waals surface area contributed by atoms with Gasteiger partial charge < -0.3 is 24.2 Å². The number of carbonyl (C=O) groups excluding carboxylic acids is 3. The van der Waals surface area contributed by atoms with Crippen LogP contribution in [0.2, 0.25) is 0 Å². The van der Waals surface area contributed by atoms with Crippen LogP contribution in [-0.4, -0.2) is 66.5 Å². The van der Waals surface area contributed by atoms with Crippen LogP contribution >= 0.6 is 7.82 Å². The summed E-state index contributed by atoms with van der Waals surface area (Å²) in [6.45, 7) is 4.64. The monoisotopic (exact) mass is 1150 g/mol. The standard InChI is InChI=1S/C68H123O11P/c1-4-7-10-13-16-19-22-25-28-30-32-34-37-39-42-45-48-51-54-57-66(70)75-61-65(79-68(72)59-56-53-50-47-44-41-38-35-33-31-29-26-23-20-17-14-11-8-5-2)63-77-80(73,74)76-62-64(60-69)78-67(71)58-55-52-49-46-43-40-36-27-24-21-18-15-12-9-6-3/h16,19,25-29,32,34,36,64-65,69H,4-15,17-18,20-24,30-31,33,35,37-63H2,1-3H3,(H,73,74)/b19-16-,28-25-,29-26-,34-32-,36-27-. The molecule has 0 saturated heterocycles. The van der Waals surface area contributed by atoms with Gasteiger partial charge in [0.25, 0.3) is 0 Å². The molecule has 2 N–H and O–H groups in total. The number of unbranched alkanes of at least 4 members (excludes halogenated alkanes) is 35. The first-order valence-corrected chi connectivity index (χ1v) is 34.7. The van der Waals surface area contributed by atoms with E-state index in [4.69, 9.17) is 23.3 Å². The van der Waals surface area contributed by atoms with Gasteiger partial charge in [-0.2, -0.15) is 0 Å². The van der Waals surface area contributed by atoms with Gasteiger partial charge >= 0.3 is 25.7 Å². The van der Waals surface area contributed by atoms with Crippen molar-refractivity contribution in [1.29, 1.82) is 0 Å². The van der Waals surface area contributed by atoms with Crippen LogP contribution in [0.15, 0.2) is 60.8 Å². The molecule has 0 heterocycles. The van der Waals surface area contributed by atoms with Crippen LogP contribution in [-0.2, 0) is 42.2 Å². The van der Waals surface area contributed by atoms with Gasteiger partial charge in [0.1, 0.15) is 12.7 Å². The molecule has 3 atom stereocenters. The lowest BCUT2D eigenvalue weighted by molar-refractivity contribution is -0.161. The predicted molar refractivity (Wildman–Crippen MR) is 335 cm³/mol. The topological polar surface area (TPSA) is 155 Å². The number of esters is 3. The number of aliphatic hydroxyl groups is 1. The molecule has 0 bridgehead atoms. The number of aliphatic hydroxyl groups excluding tert-OH is 1. The van der Waals surface area contributed by atoms with Crippen LogP contribution in [0, 0.1) is 0 Å². The second kappa shape index (κ2) is 62.2. The van der Waals surface area contributed by atoms with Crippen LogP contribution in [0.3, 0.4) is 0 Å². The molecule has 0 fully saturated rings. The van der Waals surface area contributed by atoms with Crippen molar-refractivity contribution in [1.82, 2.24) is 0 Å². The van der Waals surface area contributed by atoms with E-state index in [-0.39, 0.29) is 25.9 Å². The van der Waals surface area contributed by atoms with Gasteiger partial charge in [-0.15, -0.1) is 0 Å². The minimum Gasteiger partial charge on any atom is -0.462 e. The van der Waals surface area contributed by atoms with Crippen molar-refractivity contribution in [3.63, 3.8) is 0 Å². The maximum absolute atomic E-state index is 13.0. The molecule has 0 aliphatic heterocycles. The Morgan fingerprint density at radius 3 is 0.975 bits per heavy atom. The van der Waals surface area contributed by atoms with E-state index in [1.165, 1.54) is 148 Å². The number of phosphoric acid groups is 1.